The highest BCUT2D eigenvalue weighted by Gasteiger charge is 2.37. The van der Waals surface area contributed by atoms with Crippen molar-refractivity contribution >= 4 is 69.4 Å². The van der Waals surface area contributed by atoms with Gasteiger partial charge in [0.1, 0.15) is 0 Å². The van der Waals surface area contributed by atoms with E-state index in [0.29, 0.717) is 26.1 Å². The number of halogens is 2. The third-order valence-electron chi connectivity index (χ3n) is 3.51. The van der Waals surface area contributed by atoms with E-state index in [4.69, 9.17) is 35.4 Å². The zero-order valence-electron chi connectivity index (χ0n) is 13.0. The first-order valence-corrected chi connectivity index (χ1v) is 9.19. The van der Waals surface area contributed by atoms with Crippen molar-refractivity contribution in [3.63, 3.8) is 0 Å². The van der Waals surface area contributed by atoms with E-state index in [1.54, 1.807) is 42.5 Å². The van der Waals surface area contributed by atoms with Gasteiger partial charge < -0.3 is 0 Å². The first kappa shape index (κ1) is 18.1. The van der Waals surface area contributed by atoms with E-state index in [9.17, 15) is 9.59 Å². The molecule has 0 spiro atoms. The van der Waals surface area contributed by atoms with Crippen LogP contribution in [0.25, 0.3) is 6.08 Å². The molecule has 2 aromatic carbocycles. The number of benzene rings is 2. The van der Waals surface area contributed by atoms with Gasteiger partial charge in [-0.15, -0.1) is 0 Å². The van der Waals surface area contributed by atoms with E-state index in [0.717, 1.165) is 22.2 Å². The zero-order chi connectivity index (χ0) is 18.1. The van der Waals surface area contributed by atoms with Gasteiger partial charge in [0, 0.05) is 15.6 Å². The fourth-order valence-electron chi connectivity index (χ4n) is 2.31. The molecule has 0 radical (unpaired) electrons. The number of carbonyl (C=O) groups is 2. The van der Waals surface area contributed by atoms with Crippen LogP contribution in [0.2, 0.25) is 10.0 Å². The summed E-state index contributed by atoms with van der Waals surface area (Å²) in [4.78, 5) is 26.7. The Morgan fingerprint density at radius 1 is 1.20 bits per heavy atom. The van der Waals surface area contributed by atoms with Crippen molar-refractivity contribution in [1.29, 1.82) is 0 Å². The summed E-state index contributed by atoms with van der Waals surface area (Å²) in [6, 6.07) is 12.0. The Balaban J connectivity index is 1.92. The van der Waals surface area contributed by atoms with Crippen LogP contribution in [-0.2, 0) is 4.79 Å². The Hall–Kier alpha value is -1.66. The van der Waals surface area contributed by atoms with Crippen LogP contribution in [0.3, 0.4) is 0 Å². The SMILES string of the molecule is Cc1cccc(C(=O)N2C(=O)C(=Cc3ccc(Cl)cc3Cl)SC2=S)c1. The minimum absolute atomic E-state index is 0.202. The van der Waals surface area contributed by atoms with Gasteiger partial charge in [0.25, 0.3) is 11.8 Å². The Morgan fingerprint density at radius 3 is 2.64 bits per heavy atom. The third-order valence-corrected chi connectivity index (χ3v) is 5.38. The predicted octanol–water partition coefficient (Wildman–Crippen LogP) is 5.34. The molecule has 25 heavy (non-hydrogen) atoms. The molecule has 2 aromatic rings. The number of carbonyl (C=O) groups excluding carboxylic acids is 2. The molecule has 3 nitrogen and oxygen atoms in total. The maximum absolute atomic E-state index is 12.7. The fourth-order valence-corrected chi connectivity index (χ4v) is 4.02. The van der Waals surface area contributed by atoms with E-state index < -0.39 is 11.8 Å². The maximum atomic E-state index is 12.7. The van der Waals surface area contributed by atoms with Crippen LogP contribution in [0, 0.1) is 6.92 Å². The van der Waals surface area contributed by atoms with E-state index >= 15 is 0 Å². The summed E-state index contributed by atoms with van der Waals surface area (Å²) in [6.45, 7) is 1.88. The molecule has 0 unspecified atom stereocenters. The summed E-state index contributed by atoms with van der Waals surface area (Å²) in [5.41, 5.74) is 1.98. The Kier molecular flexibility index (Phi) is 5.29. The van der Waals surface area contributed by atoms with E-state index in [1.807, 2.05) is 13.0 Å². The lowest BCUT2D eigenvalue weighted by molar-refractivity contribution is -0.120. The zero-order valence-corrected chi connectivity index (χ0v) is 16.1. The van der Waals surface area contributed by atoms with Gasteiger partial charge in [-0.2, -0.15) is 0 Å². The maximum Gasteiger partial charge on any atom is 0.273 e. The van der Waals surface area contributed by atoms with E-state index in [2.05, 4.69) is 0 Å². The Labute approximate surface area is 164 Å². The second kappa shape index (κ2) is 7.30. The molecular weight excluding hydrogens is 397 g/mol. The average molecular weight is 408 g/mol. The van der Waals surface area contributed by atoms with Gasteiger partial charge in [-0.05, 0) is 42.8 Å². The molecule has 0 aromatic heterocycles. The van der Waals surface area contributed by atoms with Gasteiger partial charge in [0.2, 0.25) is 0 Å². The van der Waals surface area contributed by atoms with Gasteiger partial charge in [-0.3, -0.25) is 9.59 Å². The molecule has 1 fully saturated rings. The van der Waals surface area contributed by atoms with Crippen molar-refractivity contribution < 1.29 is 9.59 Å². The second-order valence-electron chi connectivity index (χ2n) is 5.36. The van der Waals surface area contributed by atoms with Gasteiger partial charge >= 0.3 is 0 Å². The summed E-state index contributed by atoms with van der Waals surface area (Å²) in [5.74, 6) is -0.885. The smallest absolute Gasteiger partial charge is 0.268 e. The largest absolute Gasteiger partial charge is 0.273 e. The number of aryl methyl sites for hydroxylation is 1. The van der Waals surface area contributed by atoms with Crippen molar-refractivity contribution in [1.82, 2.24) is 4.90 Å². The summed E-state index contributed by atoms with van der Waals surface area (Å²) >= 11 is 18.3. The van der Waals surface area contributed by atoms with Crippen molar-refractivity contribution in [3.05, 3.63) is 74.1 Å². The normalized spacial score (nSPS) is 16.0. The third kappa shape index (κ3) is 3.80. The molecular formula is C18H11Cl2NO2S2. The van der Waals surface area contributed by atoms with Crippen molar-refractivity contribution in [2.24, 2.45) is 0 Å². The topological polar surface area (TPSA) is 37.4 Å². The Morgan fingerprint density at radius 2 is 1.96 bits per heavy atom. The fraction of sp³-hybridized carbons (Fsp3) is 0.0556. The summed E-state index contributed by atoms with van der Waals surface area (Å²) in [5, 5.41) is 0.923. The van der Waals surface area contributed by atoms with Crippen molar-refractivity contribution in [3.8, 4) is 0 Å². The van der Waals surface area contributed by atoms with E-state index in [-0.39, 0.29) is 4.32 Å². The van der Waals surface area contributed by atoms with Gasteiger partial charge in [0.05, 0.1) is 4.91 Å². The summed E-state index contributed by atoms with van der Waals surface area (Å²) in [6.07, 6.45) is 1.61. The summed E-state index contributed by atoms with van der Waals surface area (Å²) in [7, 11) is 0. The predicted molar refractivity (Wildman–Crippen MR) is 107 cm³/mol. The van der Waals surface area contributed by atoms with Crippen LogP contribution in [0.1, 0.15) is 21.5 Å². The molecule has 1 aliphatic heterocycles. The molecule has 0 aliphatic carbocycles. The molecule has 2 amide bonds. The van der Waals surface area contributed by atoms with Gasteiger partial charge in [-0.25, -0.2) is 4.90 Å². The quantitative estimate of drug-likeness (QED) is 0.382. The first-order chi connectivity index (χ1) is 11.9. The number of hydrogen-bond acceptors (Lipinski definition) is 4. The molecule has 1 heterocycles. The lowest BCUT2D eigenvalue weighted by Crippen LogP contribution is -2.34. The number of amides is 2. The number of thioether (sulfide) groups is 1. The Bertz CT molecular complexity index is 940. The van der Waals surface area contributed by atoms with Crippen LogP contribution >= 0.6 is 47.2 Å². The molecule has 3 rings (SSSR count). The molecule has 1 aliphatic rings. The van der Waals surface area contributed by atoms with Crippen LogP contribution in [-0.4, -0.2) is 21.0 Å². The number of rotatable bonds is 2. The molecule has 0 bridgehead atoms. The lowest BCUT2D eigenvalue weighted by Gasteiger charge is -2.12. The molecule has 0 saturated carbocycles. The van der Waals surface area contributed by atoms with E-state index in [1.165, 1.54) is 0 Å². The summed E-state index contributed by atoms with van der Waals surface area (Å²) < 4.78 is 0.202. The van der Waals surface area contributed by atoms with Gasteiger partial charge in [-0.1, -0.05) is 70.9 Å². The first-order valence-electron chi connectivity index (χ1n) is 7.21. The van der Waals surface area contributed by atoms with Crippen molar-refractivity contribution in [2.45, 2.75) is 6.92 Å². The van der Waals surface area contributed by atoms with Crippen LogP contribution in [0.15, 0.2) is 47.4 Å². The van der Waals surface area contributed by atoms with Crippen LogP contribution in [0.4, 0.5) is 0 Å². The number of thiocarbonyl (C=S) groups is 1. The molecule has 1 saturated heterocycles. The second-order valence-corrected chi connectivity index (χ2v) is 7.88. The highest BCUT2D eigenvalue weighted by molar-refractivity contribution is 8.26. The monoisotopic (exact) mass is 407 g/mol. The highest BCUT2D eigenvalue weighted by atomic mass is 35.5. The lowest BCUT2D eigenvalue weighted by atomic mass is 10.1. The number of imide groups is 1. The number of nitrogens with zero attached hydrogens (tertiary/aromatic N) is 1. The average Bonchev–Trinajstić information content (AvgIpc) is 2.83. The molecule has 126 valence electrons. The van der Waals surface area contributed by atoms with Gasteiger partial charge in [0.15, 0.2) is 4.32 Å². The molecule has 7 heteroatoms. The molecule has 0 N–H and O–H groups in total. The molecule has 0 atom stereocenters. The highest BCUT2D eigenvalue weighted by Crippen LogP contribution is 2.35. The van der Waals surface area contributed by atoms with Crippen molar-refractivity contribution in [2.75, 3.05) is 0 Å². The van der Waals surface area contributed by atoms with Crippen LogP contribution in [0.5, 0.6) is 0 Å². The minimum Gasteiger partial charge on any atom is -0.268 e. The number of hydrogen-bond donors (Lipinski definition) is 0. The van der Waals surface area contributed by atoms with Crippen LogP contribution < -0.4 is 0 Å². The minimum atomic E-state index is -0.451. The standard InChI is InChI=1S/C18H11Cl2NO2S2/c1-10-3-2-4-12(7-10)16(22)21-17(23)15(25-18(21)24)8-11-5-6-13(19)9-14(11)20/h2-9H,1H3.